The minimum absolute atomic E-state index is 0.0346. The lowest BCUT2D eigenvalue weighted by Crippen LogP contribution is -2.29. The molecule has 180 valence electrons. The van der Waals surface area contributed by atoms with E-state index in [1.807, 2.05) is 0 Å². The molecule has 12 heteroatoms. The molecule has 0 aliphatic carbocycles. The lowest BCUT2D eigenvalue weighted by molar-refractivity contribution is -0.117. The van der Waals surface area contributed by atoms with Crippen LogP contribution >= 0.6 is 0 Å². The van der Waals surface area contributed by atoms with Gasteiger partial charge in [-0.1, -0.05) is 0 Å². The van der Waals surface area contributed by atoms with Gasteiger partial charge in [-0.25, -0.2) is 0 Å². The van der Waals surface area contributed by atoms with E-state index in [0.717, 1.165) is 5.69 Å². The van der Waals surface area contributed by atoms with E-state index in [4.69, 9.17) is 5.73 Å². The number of hydrogen-bond donors (Lipinski definition) is 5. The predicted octanol–water partition coefficient (Wildman–Crippen LogP) is 0.854. The van der Waals surface area contributed by atoms with E-state index in [-0.39, 0.29) is 18.9 Å². The first-order chi connectivity index (χ1) is 16.1. The molecular weight excluding hydrogens is 440 g/mol. The van der Waals surface area contributed by atoms with Gasteiger partial charge in [0.25, 0.3) is 17.7 Å². The quantitative estimate of drug-likeness (QED) is 0.315. The minimum Gasteiger partial charge on any atom is -0.387 e. The second-order valence-corrected chi connectivity index (χ2v) is 7.81. The molecule has 0 spiro atoms. The van der Waals surface area contributed by atoms with Crippen LogP contribution in [0.25, 0.3) is 0 Å². The van der Waals surface area contributed by atoms with Crippen LogP contribution in [0.15, 0.2) is 36.8 Å². The molecule has 3 aromatic heterocycles. The Morgan fingerprint density at radius 2 is 1.15 bits per heavy atom. The number of anilines is 3. The number of aryl methyl sites for hydroxylation is 3. The van der Waals surface area contributed by atoms with Crippen molar-refractivity contribution in [1.82, 2.24) is 19.0 Å². The monoisotopic (exact) mass is 468 g/mol. The number of rotatable bonds is 9. The summed E-state index contributed by atoms with van der Waals surface area (Å²) in [6.07, 6.45) is 5.07. The molecule has 0 saturated heterocycles. The molecule has 0 aliphatic heterocycles. The topological polar surface area (TPSA) is 157 Å². The first-order valence-corrected chi connectivity index (χ1v) is 10.4. The van der Waals surface area contributed by atoms with Gasteiger partial charge in [0.05, 0.1) is 17.1 Å². The molecule has 0 aromatic carbocycles. The fourth-order valence-electron chi connectivity index (χ4n) is 3.42. The van der Waals surface area contributed by atoms with Crippen molar-refractivity contribution in [3.8, 4) is 0 Å². The summed E-state index contributed by atoms with van der Waals surface area (Å²) in [4.78, 5) is 48.6. The highest BCUT2D eigenvalue weighted by atomic mass is 16.2. The fourth-order valence-corrected chi connectivity index (χ4v) is 3.42. The van der Waals surface area contributed by atoms with Gasteiger partial charge in [0, 0.05) is 59.7 Å². The molecule has 3 heterocycles. The summed E-state index contributed by atoms with van der Waals surface area (Å²) >= 11 is 0. The normalized spacial score (nSPS) is 10.6. The highest BCUT2D eigenvalue weighted by Gasteiger charge is 2.18. The molecule has 0 fully saturated rings. The number of nitrogens with zero attached hydrogens (tertiary/aromatic N) is 3. The van der Waals surface area contributed by atoms with Crippen LogP contribution in [0.1, 0.15) is 37.9 Å². The molecule has 0 radical (unpaired) electrons. The van der Waals surface area contributed by atoms with Crippen molar-refractivity contribution in [2.75, 3.05) is 29.5 Å². The molecule has 12 nitrogen and oxygen atoms in total. The van der Waals surface area contributed by atoms with Crippen LogP contribution in [0.5, 0.6) is 0 Å². The van der Waals surface area contributed by atoms with Crippen LogP contribution in [-0.4, -0.2) is 50.9 Å². The largest absolute Gasteiger partial charge is 0.387 e. The maximum absolute atomic E-state index is 12.8. The lowest BCUT2D eigenvalue weighted by atomic mass is 10.3. The number of amides is 4. The summed E-state index contributed by atoms with van der Waals surface area (Å²) < 4.78 is 4.86. The van der Waals surface area contributed by atoms with E-state index in [0.29, 0.717) is 28.5 Å². The zero-order valence-corrected chi connectivity index (χ0v) is 19.4. The van der Waals surface area contributed by atoms with E-state index >= 15 is 0 Å². The Morgan fingerprint density at radius 1 is 0.735 bits per heavy atom. The minimum atomic E-state index is -0.510. The van der Waals surface area contributed by atoms with Crippen molar-refractivity contribution < 1.29 is 19.2 Å². The molecule has 0 bridgehead atoms. The Morgan fingerprint density at radius 3 is 1.56 bits per heavy atom. The first-order valence-electron chi connectivity index (χ1n) is 10.4. The Kier molecular flexibility index (Phi) is 7.09. The van der Waals surface area contributed by atoms with Crippen molar-refractivity contribution in [3.63, 3.8) is 0 Å². The summed E-state index contributed by atoms with van der Waals surface area (Å²) in [5.41, 5.74) is 7.85. The van der Waals surface area contributed by atoms with Crippen LogP contribution in [-0.2, 0) is 25.9 Å². The summed E-state index contributed by atoms with van der Waals surface area (Å²) in [6, 6.07) is 4.82. The number of carbonyl (C=O) groups is 4. The Balaban J connectivity index is 1.67. The third-order valence-corrected chi connectivity index (χ3v) is 5.17. The maximum Gasteiger partial charge on any atom is 0.272 e. The predicted molar refractivity (Wildman–Crippen MR) is 128 cm³/mol. The van der Waals surface area contributed by atoms with Crippen LogP contribution in [0.4, 0.5) is 17.1 Å². The van der Waals surface area contributed by atoms with E-state index < -0.39 is 17.7 Å². The van der Waals surface area contributed by atoms with Crippen molar-refractivity contribution in [2.45, 2.75) is 6.42 Å². The van der Waals surface area contributed by atoms with E-state index in [9.17, 15) is 19.2 Å². The number of hydrogen-bond acceptors (Lipinski definition) is 5. The lowest BCUT2D eigenvalue weighted by Gasteiger charge is -2.04. The van der Waals surface area contributed by atoms with Gasteiger partial charge in [-0.3, -0.25) is 19.2 Å². The second kappa shape index (κ2) is 9.98. The number of aromatic nitrogens is 3. The number of carbonyl (C=O) groups excluding carboxylic acids is 4. The zero-order valence-electron chi connectivity index (χ0n) is 19.4. The first kappa shape index (κ1) is 24.2. The average molecular weight is 469 g/mol. The summed E-state index contributed by atoms with van der Waals surface area (Å²) in [6.45, 7) is 0.123. The van der Waals surface area contributed by atoms with E-state index in [1.165, 1.54) is 6.07 Å². The van der Waals surface area contributed by atoms with Gasteiger partial charge in [0.1, 0.15) is 17.1 Å². The molecule has 34 heavy (non-hydrogen) atoms. The van der Waals surface area contributed by atoms with Crippen molar-refractivity contribution >= 4 is 40.7 Å². The Hall–Kier alpha value is -4.48. The number of primary amides is 1. The SMILES string of the molecule is CNc1cc(C(=O)Nc2cc(C(=O)Nc3cc(C(=O)NCCC(N)=O)n(C)c3)n(C)c2)n(C)c1. The fraction of sp³-hybridized carbons (Fsp3) is 0.273. The Bertz CT molecular complexity index is 1250. The molecule has 0 aliphatic rings. The summed E-state index contributed by atoms with van der Waals surface area (Å²) in [5.74, 6) is -1.62. The van der Waals surface area contributed by atoms with E-state index in [2.05, 4.69) is 21.3 Å². The molecule has 0 saturated carbocycles. The standard InChI is InChI=1S/C22H28N8O4/c1-24-13-7-17(28(2)10-13)21(33)27-15-9-18(30(4)12-15)22(34)26-14-8-16(29(3)11-14)20(32)25-6-5-19(23)31/h7-12,24H,5-6H2,1-4H3,(H2,23,31)(H,25,32)(H,26,34)(H,27,33). The molecule has 6 N–H and O–H groups in total. The van der Waals surface area contributed by atoms with Gasteiger partial charge in [-0.05, 0) is 18.2 Å². The molecule has 0 atom stereocenters. The van der Waals surface area contributed by atoms with E-state index in [1.54, 1.807) is 72.6 Å². The van der Waals surface area contributed by atoms with Gasteiger partial charge in [-0.2, -0.15) is 0 Å². The van der Waals surface area contributed by atoms with Crippen LogP contribution in [0, 0.1) is 0 Å². The molecule has 3 rings (SSSR count). The van der Waals surface area contributed by atoms with Gasteiger partial charge in [0.15, 0.2) is 0 Å². The van der Waals surface area contributed by atoms with Crippen molar-refractivity contribution in [3.05, 3.63) is 53.9 Å². The third kappa shape index (κ3) is 5.46. The summed E-state index contributed by atoms with van der Waals surface area (Å²) in [7, 11) is 6.89. The van der Waals surface area contributed by atoms with Gasteiger partial charge in [0.2, 0.25) is 5.91 Å². The Labute approximate surface area is 196 Å². The molecule has 3 aromatic rings. The highest BCUT2D eigenvalue weighted by molar-refractivity contribution is 6.07. The molecule has 4 amide bonds. The smallest absolute Gasteiger partial charge is 0.272 e. The van der Waals surface area contributed by atoms with Crippen LogP contribution < -0.4 is 27.0 Å². The van der Waals surface area contributed by atoms with Gasteiger partial charge in [-0.15, -0.1) is 0 Å². The van der Waals surface area contributed by atoms with Crippen molar-refractivity contribution in [1.29, 1.82) is 0 Å². The average Bonchev–Trinajstić information content (AvgIpc) is 3.43. The molecule has 0 unspecified atom stereocenters. The maximum atomic E-state index is 12.8. The van der Waals surface area contributed by atoms with Crippen molar-refractivity contribution in [2.24, 2.45) is 26.9 Å². The zero-order chi connectivity index (χ0) is 25.0. The highest BCUT2D eigenvalue weighted by Crippen LogP contribution is 2.19. The number of nitrogens with two attached hydrogens (primary N) is 1. The number of nitrogens with one attached hydrogen (secondary N) is 4. The van der Waals surface area contributed by atoms with Crippen LogP contribution in [0.2, 0.25) is 0 Å². The third-order valence-electron chi connectivity index (χ3n) is 5.17. The summed E-state index contributed by atoms with van der Waals surface area (Å²) in [5, 5.41) is 11.1. The van der Waals surface area contributed by atoms with Crippen LogP contribution in [0.3, 0.4) is 0 Å². The second-order valence-electron chi connectivity index (χ2n) is 7.81. The molecular formula is C22H28N8O4. The van der Waals surface area contributed by atoms with Gasteiger partial charge < -0.3 is 40.7 Å². The van der Waals surface area contributed by atoms with Gasteiger partial charge >= 0.3 is 0 Å².